The highest BCUT2D eigenvalue weighted by atomic mass is 19.4. The first-order chi connectivity index (χ1) is 4.73. The number of halogens is 6. The molecule has 0 saturated carbocycles. The molecular formula is C5H8F6. The van der Waals surface area contributed by atoms with Crippen molar-refractivity contribution in [1.82, 2.24) is 0 Å². The highest BCUT2D eigenvalue weighted by Gasteiger charge is 2.15. The zero-order valence-corrected chi connectivity index (χ0v) is 5.97. The molecule has 6 heteroatoms. The normalized spacial score (nSPS) is 8.36. The lowest BCUT2D eigenvalue weighted by Gasteiger charge is -1.88. The molecule has 0 N–H and O–H groups in total. The van der Waals surface area contributed by atoms with Crippen LogP contribution in [-0.4, -0.2) is 13.4 Å². The molecule has 0 saturated heterocycles. The van der Waals surface area contributed by atoms with Crippen LogP contribution in [0.2, 0.25) is 0 Å². The summed E-state index contributed by atoms with van der Waals surface area (Å²) in [5.41, 5.74) is 0. The van der Waals surface area contributed by atoms with Crippen molar-refractivity contribution in [2.75, 3.05) is 7.18 Å². The maximum atomic E-state index is 10.4. The number of hydrogen-bond acceptors (Lipinski definition) is 0. The summed E-state index contributed by atoms with van der Waals surface area (Å²) < 4.78 is 60.8. The van der Waals surface area contributed by atoms with Crippen molar-refractivity contribution in [3.05, 3.63) is 12.7 Å². The highest BCUT2D eigenvalue weighted by molar-refractivity contribution is 4.57. The van der Waals surface area contributed by atoms with Crippen LogP contribution >= 0.6 is 0 Å². The Morgan fingerprint density at radius 2 is 1.09 bits per heavy atom. The first-order valence-electron chi connectivity index (χ1n) is 2.18. The lowest BCUT2D eigenvalue weighted by molar-refractivity contribution is -0.110. The Hall–Kier alpha value is -0.680. The fourth-order valence-electron chi connectivity index (χ4n) is 0. The van der Waals surface area contributed by atoms with E-state index in [1.165, 1.54) is 0 Å². The van der Waals surface area contributed by atoms with Crippen molar-refractivity contribution < 1.29 is 26.3 Å². The average molecular weight is 182 g/mol. The van der Waals surface area contributed by atoms with Crippen LogP contribution in [-0.2, 0) is 0 Å². The minimum absolute atomic E-state index is 0.188. The Bertz CT molecular complexity index is 73.5. The summed E-state index contributed by atoms with van der Waals surface area (Å²) in [6, 6.07) is 0. The van der Waals surface area contributed by atoms with Crippen molar-refractivity contribution >= 4 is 0 Å². The molecule has 11 heavy (non-hydrogen) atoms. The first kappa shape index (κ1) is 16.7. The monoisotopic (exact) mass is 182 g/mol. The molecular weight excluding hydrogens is 174 g/mol. The minimum Gasteiger partial charge on any atom is -0.255 e. The van der Waals surface area contributed by atoms with Crippen molar-refractivity contribution in [3.63, 3.8) is 0 Å². The van der Waals surface area contributed by atoms with E-state index in [9.17, 15) is 26.3 Å². The minimum atomic E-state index is -4.00. The second-order valence-corrected chi connectivity index (χ2v) is 1.12. The topological polar surface area (TPSA) is 0 Å². The molecule has 0 rings (SSSR count). The van der Waals surface area contributed by atoms with Crippen molar-refractivity contribution in [2.24, 2.45) is 0 Å². The molecule has 0 amide bonds. The smallest absolute Gasteiger partial charge is 0.255 e. The van der Waals surface area contributed by atoms with Crippen LogP contribution in [0.1, 0.15) is 6.92 Å². The highest BCUT2D eigenvalue weighted by Crippen LogP contribution is 2.10. The lowest BCUT2D eigenvalue weighted by atomic mass is 10.8. The number of rotatable bonds is 0. The number of alkyl halides is 4. The van der Waals surface area contributed by atoms with Gasteiger partial charge in [-0.1, -0.05) is 0 Å². The molecule has 0 spiro atoms. The van der Waals surface area contributed by atoms with Crippen LogP contribution in [0.3, 0.4) is 0 Å². The summed E-state index contributed by atoms with van der Waals surface area (Å²) in [6.07, 6.45) is -5.83. The van der Waals surface area contributed by atoms with Gasteiger partial charge in [-0.15, -0.1) is 0 Å². The Morgan fingerprint density at radius 1 is 1.09 bits per heavy atom. The third-order valence-electron chi connectivity index (χ3n) is 0. The van der Waals surface area contributed by atoms with Crippen molar-refractivity contribution in [1.29, 1.82) is 0 Å². The predicted molar refractivity (Wildman–Crippen MR) is 30.1 cm³/mol. The molecule has 0 heterocycles. The van der Waals surface area contributed by atoms with E-state index in [-0.39, 0.29) is 6.92 Å². The number of hydrogen-bond donors (Lipinski definition) is 0. The van der Waals surface area contributed by atoms with Gasteiger partial charge >= 0.3 is 6.18 Å². The van der Waals surface area contributed by atoms with Gasteiger partial charge in [0.1, 0.15) is 0 Å². The fourth-order valence-corrected chi connectivity index (χ4v) is 0. The van der Waals surface area contributed by atoms with Gasteiger partial charge in [0.15, 0.2) is 0 Å². The Labute approximate surface area is 60.5 Å². The van der Waals surface area contributed by atoms with Gasteiger partial charge in [0.2, 0.25) is 0 Å². The van der Waals surface area contributed by atoms with Crippen molar-refractivity contribution in [3.8, 4) is 0 Å². The van der Waals surface area contributed by atoms with Gasteiger partial charge in [-0.05, 0) is 6.58 Å². The summed E-state index contributed by atoms with van der Waals surface area (Å²) >= 11 is 0. The lowest BCUT2D eigenvalue weighted by Crippen LogP contribution is -1.95. The zero-order valence-electron chi connectivity index (χ0n) is 5.97. The molecule has 0 aliphatic rings. The molecule has 0 atom stereocenters. The maximum Gasteiger partial charge on any atom is 0.386 e. The Kier molecular flexibility index (Phi) is 14.2. The standard InChI is InChI=1S/C2H3F3.C2H2F2.CH3F/c1-2(3,4)5;1-2(3)4;1-2/h1H3;1H2;1H3. The van der Waals surface area contributed by atoms with E-state index in [0.29, 0.717) is 7.18 Å². The van der Waals surface area contributed by atoms with Gasteiger partial charge in [-0.2, -0.15) is 22.0 Å². The molecule has 0 aliphatic heterocycles. The van der Waals surface area contributed by atoms with Crippen molar-refractivity contribution in [2.45, 2.75) is 13.1 Å². The van der Waals surface area contributed by atoms with E-state index in [1.54, 1.807) is 0 Å². The van der Waals surface area contributed by atoms with Gasteiger partial charge in [-0.25, -0.2) is 0 Å². The Morgan fingerprint density at radius 3 is 1.09 bits per heavy atom. The van der Waals surface area contributed by atoms with E-state index in [4.69, 9.17) is 0 Å². The molecule has 0 aromatic heterocycles. The van der Waals surface area contributed by atoms with E-state index < -0.39 is 12.3 Å². The summed E-state index contributed by atoms with van der Waals surface area (Å²) in [7, 11) is 0.500. The Balaban J connectivity index is -0.0000000965. The second-order valence-electron chi connectivity index (χ2n) is 1.12. The molecule has 0 unspecified atom stereocenters. The zero-order chi connectivity index (χ0) is 10.1. The predicted octanol–water partition coefficient (Wildman–Crippen LogP) is 3.55. The van der Waals surface area contributed by atoms with E-state index in [2.05, 4.69) is 6.58 Å². The van der Waals surface area contributed by atoms with Crippen LogP contribution < -0.4 is 0 Å². The fraction of sp³-hybridized carbons (Fsp3) is 0.600. The quantitative estimate of drug-likeness (QED) is 0.502. The summed E-state index contributed by atoms with van der Waals surface area (Å²) in [6.45, 7) is 2.41. The van der Waals surface area contributed by atoms with Crippen LogP contribution in [0.25, 0.3) is 0 Å². The molecule has 0 radical (unpaired) electrons. The third kappa shape index (κ3) is 1080. The molecule has 0 aliphatic carbocycles. The van der Waals surface area contributed by atoms with E-state index in [1.807, 2.05) is 0 Å². The van der Waals surface area contributed by atoms with Crippen LogP contribution in [0.4, 0.5) is 26.3 Å². The SMILES string of the molecule is C=C(F)F.CC(F)(F)F.CF. The summed E-state index contributed by atoms with van der Waals surface area (Å²) in [5, 5.41) is 0. The van der Waals surface area contributed by atoms with Gasteiger partial charge in [-0.3, -0.25) is 4.39 Å². The van der Waals surface area contributed by atoms with E-state index >= 15 is 0 Å². The van der Waals surface area contributed by atoms with Gasteiger partial charge in [0.05, 0.1) is 7.18 Å². The molecule has 0 fully saturated rings. The summed E-state index contributed by atoms with van der Waals surface area (Å²) in [4.78, 5) is 0. The first-order valence-corrected chi connectivity index (χ1v) is 2.18. The molecule has 70 valence electrons. The van der Waals surface area contributed by atoms with Gasteiger partial charge < -0.3 is 0 Å². The summed E-state index contributed by atoms with van der Waals surface area (Å²) in [5.74, 6) is 0. The molecule has 0 aromatic rings. The van der Waals surface area contributed by atoms with Crippen LogP contribution in [0.15, 0.2) is 12.7 Å². The molecule has 0 aromatic carbocycles. The molecule has 0 nitrogen and oxygen atoms in total. The maximum absolute atomic E-state index is 10.4. The molecule has 0 bridgehead atoms. The van der Waals surface area contributed by atoms with E-state index in [0.717, 1.165) is 0 Å². The van der Waals surface area contributed by atoms with Gasteiger partial charge in [0.25, 0.3) is 6.08 Å². The third-order valence-corrected chi connectivity index (χ3v) is 0. The second kappa shape index (κ2) is 9.32. The van der Waals surface area contributed by atoms with Gasteiger partial charge in [0, 0.05) is 6.92 Å². The largest absolute Gasteiger partial charge is 0.386 e. The van der Waals surface area contributed by atoms with Crippen LogP contribution in [0.5, 0.6) is 0 Å². The average Bonchev–Trinajstić information content (AvgIpc) is 1.63. The van der Waals surface area contributed by atoms with Crippen LogP contribution in [0, 0.1) is 0 Å².